The lowest BCUT2D eigenvalue weighted by atomic mass is 9.44. The van der Waals surface area contributed by atoms with Crippen molar-refractivity contribution in [1.29, 1.82) is 0 Å². The smallest absolute Gasteiger partial charge is 0.139 e. The summed E-state index contributed by atoms with van der Waals surface area (Å²) < 4.78 is 0. The standard InChI is InChI=1S/C25H30O2/c1-23(2,27)19-13-24(3)14-25(4)20(26)12-18(24)21(19)22(25)17-11-7-9-15-8-5-6-10-16(15)17/h5-11,18-19,21-22,27H,12-14H2,1-4H3/t18-,19+,21+,22+,24-,25+/m1/s1. The van der Waals surface area contributed by atoms with Crippen molar-refractivity contribution < 1.29 is 9.90 Å². The van der Waals surface area contributed by atoms with Crippen molar-refractivity contribution in [2.45, 2.75) is 58.5 Å². The van der Waals surface area contributed by atoms with E-state index in [0.717, 1.165) is 12.8 Å². The third-order valence-electron chi connectivity index (χ3n) is 8.46. The van der Waals surface area contributed by atoms with Gasteiger partial charge in [0.05, 0.1) is 5.60 Å². The van der Waals surface area contributed by atoms with Gasteiger partial charge in [-0.25, -0.2) is 0 Å². The number of fused-ring (bicyclic) bond motifs is 2. The molecule has 0 aliphatic heterocycles. The summed E-state index contributed by atoms with van der Waals surface area (Å²) in [6, 6.07) is 15.1. The fourth-order valence-corrected chi connectivity index (χ4v) is 7.46. The van der Waals surface area contributed by atoms with E-state index < -0.39 is 5.60 Å². The molecule has 2 aromatic rings. The molecule has 4 aliphatic rings. The lowest BCUT2D eigenvalue weighted by Gasteiger charge is -2.58. The summed E-state index contributed by atoms with van der Waals surface area (Å²) in [5.41, 5.74) is 0.462. The molecule has 0 saturated heterocycles. The molecule has 0 unspecified atom stereocenters. The maximum atomic E-state index is 13.3. The summed E-state index contributed by atoms with van der Waals surface area (Å²) in [7, 11) is 0. The molecule has 1 N–H and O–H groups in total. The maximum absolute atomic E-state index is 13.3. The Labute approximate surface area is 162 Å². The van der Waals surface area contributed by atoms with Gasteiger partial charge in [-0.2, -0.15) is 0 Å². The Kier molecular flexibility index (Phi) is 3.37. The largest absolute Gasteiger partial charge is 0.390 e. The molecule has 142 valence electrons. The highest BCUT2D eigenvalue weighted by atomic mass is 16.3. The van der Waals surface area contributed by atoms with Gasteiger partial charge in [-0.15, -0.1) is 0 Å². The van der Waals surface area contributed by atoms with Gasteiger partial charge >= 0.3 is 0 Å². The van der Waals surface area contributed by atoms with E-state index in [-0.39, 0.29) is 22.7 Å². The quantitative estimate of drug-likeness (QED) is 0.783. The van der Waals surface area contributed by atoms with Crippen LogP contribution in [0.1, 0.15) is 58.4 Å². The topological polar surface area (TPSA) is 37.3 Å². The van der Waals surface area contributed by atoms with Crippen molar-refractivity contribution in [2.75, 3.05) is 0 Å². The van der Waals surface area contributed by atoms with E-state index in [0.29, 0.717) is 24.0 Å². The zero-order valence-electron chi connectivity index (χ0n) is 16.8. The summed E-state index contributed by atoms with van der Waals surface area (Å²) >= 11 is 0. The highest BCUT2D eigenvalue weighted by Crippen LogP contribution is 2.74. The number of benzene rings is 2. The highest BCUT2D eigenvalue weighted by Gasteiger charge is 2.70. The number of hydrogen-bond donors (Lipinski definition) is 1. The molecule has 4 bridgehead atoms. The summed E-state index contributed by atoms with van der Waals surface area (Å²) in [5, 5.41) is 13.6. The van der Waals surface area contributed by atoms with E-state index in [1.54, 1.807) is 0 Å². The molecule has 2 nitrogen and oxygen atoms in total. The van der Waals surface area contributed by atoms with Gasteiger partial charge in [-0.1, -0.05) is 56.3 Å². The molecule has 2 heteroatoms. The van der Waals surface area contributed by atoms with Gasteiger partial charge in [0.2, 0.25) is 0 Å². The third kappa shape index (κ3) is 2.20. The fraction of sp³-hybridized carbons (Fsp3) is 0.560. The molecule has 2 aromatic carbocycles. The number of carbonyl (C=O) groups excluding carboxylic acids is 1. The Bertz CT molecular complexity index is 933. The second-order valence-electron chi connectivity index (χ2n) is 10.6. The first kappa shape index (κ1) is 17.4. The van der Waals surface area contributed by atoms with Gasteiger partial charge in [0.15, 0.2) is 0 Å². The minimum atomic E-state index is -0.713. The average Bonchev–Trinajstić information content (AvgIpc) is 2.83. The number of carbonyl (C=O) groups is 1. The SMILES string of the molecule is CC(C)(O)[C@H]1C[C@]2(C)C[C@@]3(C)C(=O)C[C@@H]2[C@@H]1[C@@H]3c1cccc2ccccc12. The fourth-order valence-electron chi connectivity index (χ4n) is 7.46. The van der Waals surface area contributed by atoms with Crippen LogP contribution < -0.4 is 0 Å². The summed E-state index contributed by atoms with van der Waals surface area (Å²) in [6.45, 7) is 8.54. The molecule has 4 aliphatic carbocycles. The molecule has 0 spiro atoms. The average molecular weight is 363 g/mol. The molecule has 0 aromatic heterocycles. The maximum Gasteiger partial charge on any atom is 0.139 e. The number of Topliss-reactive ketones (excluding diaryl/α,β-unsaturated/α-hetero) is 1. The van der Waals surface area contributed by atoms with Gasteiger partial charge in [0, 0.05) is 17.8 Å². The molecule has 0 radical (unpaired) electrons. The molecule has 6 rings (SSSR count). The van der Waals surface area contributed by atoms with Crippen LogP contribution in [0.4, 0.5) is 0 Å². The number of rotatable bonds is 2. The first-order valence-corrected chi connectivity index (χ1v) is 10.4. The van der Waals surface area contributed by atoms with E-state index in [9.17, 15) is 9.90 Å². The van der Waals surface area contributed by atoms with Crippen LogP contribution in [-0.2, 0) is 4.79 Å². The van der Waals surface area contributed by atoms with Crippen LogP contribution in [0.2, 0.25) is 0 Å². The molecular weight excluding hydrogens is 332 g/mol. The van der Waals surface area contributed by atoms with Gasteiger partial charge in [0.1, 0.15) is 5.78 Å². The molecule has 4 fully saturated rings. The highest BCUT2D eigenvalue weighted by molar-refractivity contribution is 5.91. The van der Waals surface area contributed by atoms with Crippen LogP contribution in [-0.4, -0.2) is 16.5 Å². The monoisotopic (exact) mass is 362 g/mol. The van der Waals surface area contributed by atoms with E-state index in [4.69, 9.17) is 0 Å². The van der Waals surface area contributed by atoms with Gasteiger partial charge in [-0.05, 0) is 66.2 Å². The van der Waals surface area contributed by atoms with E-state index in [2.05, 4.69) is 56.3 Å². The Morgan fingerprint density at radius 1 is 1.07 bits per heavy atom. The van der Waals surface area contributed by atoms with Crippen molar-refractivity contribution in [1.82, 2.24) is 0 Å². The first-order valence-electron chi connectivity index (χ1n) is 10.4. The van der Waals surface area contributed by atoms with Crippen molar-refractivity contribution in [3.05, 3.63) is 48.0 Å². The zero-order chi connectivity index (χ0) is 19.2. The lowest BCUT2D eigenvalue weighted by Crippen LogP contribution is -2.56. The zero-order valence-corrected chi connectivity index (χ0v) is 16.8. The van der Waals surface area contributed by atoms with Crippen LogP contribution in [0.15, 0.2) is 42.5 Å². The van der Waals surface area contributed by atoms with Crippen molar-refractivity contribution >= 4 is 16.6 Å². The lowest BCUT2D eigenvalue weighted by molar-refractivity contribution is -0.152. The second kappa shape index (κ2) is 5.23. The third-order valence-corrected chi connectivity index (χ3v) is 8.46. The van der Waals surface area contributed by atoms with Gasteiger partial charge < -0.3 is 5.11 Å². The summed E-state index contributed by atoms with van der Waals surface area (Å²) in [6.07, 6.45) is 2.70. The van der Waals surface area contributed by atoms with Crippen LogP contribution in [0.5, 0.6) is 0 Å². The first-order chi connectivity index (χ1) is 12.7. The predicted molar refractivity (Wildman–Crippen MR) is 109 cm³/mol. The minimum Gasteiger partial charge on any atom is -0.390 e. The van der Waals surface area contributed by atoms with E-state index in [1.165, 1.54) is 16.3 Å². The number of aliphatic hydroxyl groups is 1. The van der Waals surface area contributed by atoms with Crippen molar-refractivity contribution in [2.24, 2.45) is 28.6 Å². The van der Waals surface area contributed by atoms with Gasteiger partial charge in [-0.3, -0.25) is 4.79 Å². The number of hydrogen-bond acceptors (Lipinski definition) is 2. The van der Waals surface area contributed by atoms with Gasteiger partial charge in [0.25, 0.3) is 0 Å². The van der Waals surface area contributed by atoms with E-state index in [1.807, 2.05) is 13.8 Å². The molecule has 0 heterocycles. The Morgan fingerprint density at radius 2 is 1.78 bits per heavy atom. The molecule has 27 heavy (non-hydrogen) atoms. The number of ketones is 1. The minimum absolute atomic E-state index is 0.180. The Balaban J connectivity index is 1.76. The van der Waals surface area contributed by atoms with Crippen molar-refractivity contribution in [3.8, 4) is 0 Å². The normalized spacial score (nSPS) is 40.7. The second-order valence-corrected chi connectivity index (χ2v) is 10.6. The Morgan fingerprint density at radius 3 is 2.52 bits per heavy atom. The summed E-state index contributed by atoms with van der Waals surface area (Å²) in [5.74, 6) is 1.65. The van der Waals surface area contributed by atoms with Crippen LogP contribution in [0.25, 0.3) is 10.8 Å². The van der Waals surface area contributed by atoms with Crippen molar-refractivity contribution in [3.63, 3.8) is 0 Å². The molecule has 6 atom stereocenters. The molecule has 4 saturated carbocycles. The molecule has 0 amide bonds. The van der Waals surface area contributed by atoms with Crippen LogP contribution in [0, 0.1) is 28.6 Å². The molecular formula is C25H30O2. The Hall–Kier alpha value is -1.67. The summed E-state index contributed by atoms with van der Waals surface area (Å²) in [4.78, 5) is 13.3. The van der Waals surface area contributed by atoms with Crippen LogP contribution >= 0.6 is 0 Å². The van der Waals surface area contributed by atoms with Crippen LogP contribution in [0.3, 0.4) is 0 Å². The predicted octanol–water partition coefficient (Wildman–Crippen LogP) is 5.34. The van der Waals surface area contributed by atoms with E-state index >= 15 is 0 Å².